The lowest BCUT2D eigenvalue weighted by molar-refractivity contribution is -0.148. The van der Waals surface area contributed by atoms with Crippen LogP contribution in [0.1, 0.15) is 49.3 Å². The number of hydrogen-bond acceptors (Lipinski definition) is 6. The zero-order valence-electron chi connectivity index (χ0n) is 18.5. The van der Waals surface area contributed by atoms with Gasteiger partial charge in [0.1, 0.15) is 11.9 Å². The van der Waals surface area contributed by atoms with Crippen LogP contribution < -0.4 is 9.47 Å². The smallest absolute Gasteiger partial charge is 0.331 e. The molecular formula is C26H29NO5. The van der Waals surface area contributed by atoms with Crippen molar-refractivity contribution in [1.82, 2.24) is 4.90 Å². The molecule has 0 amide bonds. The Bertz CT molecular complexity index is 1060. The molecule has 0 aromatic heterocycles. The Hall–Kier alpha value is -2.99. The highest BCUT2D eigenvalue weighted by molar-refractivity contribution is 5.88. The third kappa shape index (κ3) is 3.73. The lowest BCUT2D eigenvalue weighted by Crippen LogP contribution is -2.49. The van der Waals surface area contributed by atoms with Crippen molar-refractivity contribution in [2.75, 3.05) is 20.8 Å². The number of rotatable bonds is 2. The number of hydrogen-bond donors (Lipinski definition) is 1. The van der Waals surface area contributed by atoms with Gasteiger partial charge in [-0.15, -0.1) is 0 Å². The molecule has 6 nitrogen and oxygen atoms in total. The largest absolute Gasteiger partial charge is 0.507 e. The highest BCUT2D eigenvalue weighted by Crippen LogP contribution is 2.47. The lowest BCUT2D eigenvalue weighted by Gasteiger charge is -2.48. The first kappa shape index (κ1) is 20.9. The number of fused-ring (bicyclic) bond motifs is 9. The van der Waals surface area contributed by atoms with Crippen LogP contribution in [0.15, 0.2) is 36.4 Å². The van der Waals surface area contributed by atoms with Gasteiger partial charge in [0.05, 0.1) is 14.2 Å². The van der Waals surface area contributed by atoms with Crippen LogP contribution in [0.25, 0.3) is 17.2 Å². The zero-order valence-corrected chi connectivity index (χ0v) is 18.5. The monoisotopic (exact) mass is 435 g/mol. The molecule has 3 heterocycles. The van der Waals surface area contributed by atoms with Crippen LogP contribution in [0, 0.1) is 0 Å². The van der Waals surface area contributed by atoms with Crippen molar-refractivity contribution in [1.29, 1.82) is 0 Å². The molecule has 2 fully saturated rings. The Morgan fingerprint density at radius 2 is 1.81 bits per heavy atom. The molecule has 0 unspecified atom stereocenters. The van der Waals surface area contributed by atoms with E-state index in [0.29, 0.717) is 29.5 Å². The number of phenols is 1. The Kier molecular flexibility index (Phi) is 5.55. The Balaban J connectivity index is 1.76. The Morgan fingerprint density at radius 3 is 2.62 bits per heavy atom. The average molecular weight is 436 g/mol. The molecular weight excluding hydrogens is 406 g/mol. The molecule has 3 aliphatic rings. The van der Waals surface area contributed by atoms with Crippen LogP contribution >= 0.6 is 0 Å². The average Bonchev–Trinajstić information content (AvgIpc) is 2.81. The number of methoxy groups -OCH3 is 2. The first-order valence-electron chi connectivity index (χ1n) is 11.3. The SMILES string of the molecule is COc1cc2c(cc1OC)[C@@H]1C[C@@H](C[C@H]3CCCCN31)OC(=O)C=Cc1ccc(O)c-2c1. The van der Waals surface area contributed by atoms with Gasteiger partial charge in [-0.05, 0) is 66.4 Å². The fourth-order valence-electron chi connectivity index (χ4n) is 5.52. The predicted molar refractivity (Wildman–Crippen MR) is 122 cm³/mol. The summed E-state index contributed by atoms with van der Waals surface area (Å²) in [6.45, 7) is 1.01. The lowest BCUT2D eigenvalue weighted by atomic mass is 9.81. The van der Waals surface area contributed by atoms with Gasteiger partial charge in [0.25, 0.3) is 0 Å². The van der Waals surface area contributed by atoms with Gasteiger partial charge in [0, 0.05) is 36.6 Å². The van der Waals surface area contributed by atoms with E-state index in [1.165, 1.54) is 12.5 Å². The van der Waals surface area contributed by atoms with E-state index in [1.807, 2.05) is 18.2 Å². The van der Waals surface area contributed by atoms with E-state index >= 15 is 0 Å². The Labute approximate surface area is 188 Å². The summed E-state index contributed by atoms with van der Waals surface area (Å²) in [5.74, 6) is 1.15. The minimum Gasteiger partial charge on any atom is -0.507 e. The summed E-state index contributed by atoms with van der Waals surface area (Å²) in [5, 5.41) is 10.8. The van der Waals surface area contributed by atoms with Gasteiger partial charge in [0.15, 0.2) is 11.5 Å². The highest BCUT2D eigenvalue weighted by Gasteiger charge is 2.40. The van der Waals surface area contributed by atoms with Crippen molar-refractivity contribution in [3.8, 4) is 28.4 Å². The summed E-state index contributed by atoms with van der Waals surface area (Å²) in [5.41, 5.74) is 3.51. The number of piperidine rings is 2. The fraction of sp³-hybridized carbons (Fsp3) is 0.423. The standard InChI is InChI=1S/C26H29NO5/c1-30-24-14-19-20(15-25(24)31-2)22-13-18(12-17-5-3-4-10-27(17)22)32-26(29)9-7-16-6-8-23(28)21(19)11-16/h6-9,11,14-15,17-18,22,28H,3-5,10,12-13H2,1-2H3/t17-,18-,22+/m1/s1. The van der Waals surface area contributed by atoms with Gasteiger partial charge in [-0.25, -0.2) is 4.79 Å². The van der Waals surface area contributed by atoms with Gasteiger partial charge < -0.3 is 19.3 Å². The molecule has 1 N–H and O–H groups in total. The maximum atomic E-state index is 12.5. The first-order chi connectivity index (χ1) is 15.6. The molecule has 3 atom stereocenters. The third-order valence-electron chi connectivity index (χ3n) is 7.01. The molecule has 0 radical (unpaired) electrons. The van der Waals surface area contributed by atoms with Crippen molar-refractivity contribution < 1.29 is 24.1 Å². The third-order valence-corrected chi connectivity index (χ3v) is 7.01. The summed E-state index contributed by atoms with van der Waals surface area (Å²) in [6, 6.07) is 9.76. The number of benzene rings is 2. The van der Waals surface area contributed by atoms with Crippen LogP contribution in [0.2, 0.25) is 0 Å². The molecule has 6 heteroatoms. The molecule has 2 aromatic carbocycles. The second-order valence-electron chi connectivity index (χ2n) is 8.84. The quantitative estimate of drug-likeness (QED) is 0.690. The Morgan fingerprint density at radius 1 is 1.00 bits per heavy atom. The normalized spacial score (nSPS) is 24.9. The molecule has 2 saturated heterocycles. The molecule has 5 rings (SSSR count). The van der Waals surface area contributed by atoms with Crippen LogP contribution in [0.3, 0.4) is 0 Å². The second-order valence-corrected chi connectivity index (χ2v) is 8.84. The number of ether oxygens (including phenoxy) is 3. The van der Waals surface area contributed by atoms with E-state index in [2.05, 4.69) is 4.90 Å². The maximum Gasteiger partial charge on any atom is 0.331 e. The molecule has 3 aliphatic heterocycles. The van der Waals surface area contributed by atoms with E-state index in [9.17, 15) is 9.90 Å². The van der Waals surface area contributed by atoms with Gasteiger partial charge in [-0.2, -0.15) is 0 Å². The first-order valence-corrected chi connectivity index (χ1v) is 11.3. The number of carbonyl (C=O) groups is 1. The number of esters is 1. The minimum absolute atomic E-state index is 0.0492. The maximum absolute atomic E-state index is 12.5. The summed E-state index contributed by atoms with van der Waals surface area (Å²) in [4.78, 5) is 15.1. The molecule has 32 heavy (non-hydrogen) atoms. The van der Waals surface area contributed by atoms with E-state index in [-0.39, 0.29) is 23.9 Å². The summed E-state index contributed by atoms with van der Waals surface area (Å²) in [7, 11) is 3.26. The minimum atomic E-state index is -0.319. The van der Waals surface area contributed by atoms with Crippen LogP contribution in [-0.4, -0.2) is 48.9 Å². The van der Waals surface area contributed by atoms with Crippen LogP contribution in [0.5, 0.6) is 17.2 Å². The molecule has 2 aromatic rings. The van der Waals surface area contributed by atoms with E-state index in [1.54, 1.807) is 32.4 Å². The van der Waals surface area contributed by atoms with Crippen molar-refractivity contribution >= 4 is 12.0 Å². The highest BCUT2D eigenvalue weighted by atomic mass is 16.5. The molecule has 4 bridgehead atoms. The van der Waals surface area contributed by atoms with Crippen molar-refractivity contribution in [2.24, 2.45) is 0 Å². The molecule has 0 spiro atoms. The number of nitrogens with zero attached hydrogens (tertiary/aromatic N) is 1. The summed E-state index contributed by atoms with van der Waals surface area (Å²) < 4.78 is 17.2. The number of aromatic hydroxyl groups is 1. The van der Waals surface area contributed by atoms with E-state index in [4.69, 9.17) is 14.2 Å². The molecule has 0 aliphatic carbocycles. The number of carbonyl (C=O) groups excluding carboxylic acids is 1. The van der Waals surface area contributed by atoms with Gasteiger partial charge >= 0.3 is 5.97 Å². The van der Waals surface area contributed by atoms with Gasteiger partial charge in [-0.3, -0.25) is 4.90 Å². The van der Waals surface area contributed by atoms with Crippen molar-refractivity contribution in [3.63, 3.8) is 0 Å². The topological polar surface area (TPSA) is 68.2 Å². The predicted octanol–water partition coefficient (Wildman–Crippen LogP) is 4.70. The zero-order chi connectivity index (χ0) is 22.2. The van der Waals surface area contributed by atoms with Crippen molar-refractivity contribution in [3.05, 3.63) is 47.5 Å². The van der Waals surface area contributed by atoms with E-state index < -0.39 is 0 Å². The summed E-state index contributed by atoms with van der Waals surface area (Å²) >= 11 is 0. The second kappa shape index (κ2) is 8.51. The van der Waals surface area contributed by atoms with Gasteiger partial charge in [-0.1, -0.05) is 12.5 Å². The van der Waals surface area contributed by atoms with Crippen LogP contribution in [0.4, 0.5) is 0 Å². The molecule has 168 valence electrons. The number of phenolic OH excluding ortho intramolecular Hbond substituents is 1. The van der Waals surface area contributed by atoms with Crippen molar-refractivity contribution in [2.45, 2.75) is 50.3 Å². The fourth-order valence-corrected chi connectivity index (χ4v) is 5.52. The summed E-state index contributed by atoms with van der Waals surface area (Å²) in [6.07, 6.45) is 8.08. The van der Waals surface area contributed by atoms with Gasteiger partial charge in [0.2, 0.25) is 0 Å². The molecule has 0 saturated carbocycles. The van der Waals surface area contributed by atoms with E-state index in [0.717, 1.165) is 42.5 Å². The van der Waals surface area contributed by atoms with Crippen LogP contribution in [-0.2, 0) is 9.53 Å².